The molecule has 59 heavy (non-hydrogen) atoms. The fourth-order valence-corrected chi connectivity index (χ4v) is 9.19. The van der Waals surface area contributed by atoms with Crippen molar-refractivity contribution >= 4 is 14.4 Å². The van der Waals surface area contributed by atoms with E-state index in [0.29, 0.717) is 5.41 Å². The Morgan fingerprint density at radius 1 is 0.644 bits per heavy atom. The van der Waals surface area contributed by atoms with Gasteiger partial charge in [0.1, 0.15) is 0 Å². The first kappa shape index (κ1) is 48.6. The van der Waals surface area contributed by atoms with Crippen molar-refractivity contribution in [2.24, 2.45) is 10.8 Å². The van der Waals surface area contributed by atoms with Gasteiger partial charge in [-0.1, -0.05) is 126 Å². The third-order valence-electron chi connectivity index (χ3n) is 11.6. The zero-order valence-electron chi connectivity index (χ0n) is 37.5. The Morgan fingerprint density at radius 3 is 1.58 bits per heavy atom. The molecule has 3 aliphatic rings. The molecular formula is C54H60Cl2F2Zr-2. The van der Waals surface area contributed by atoms with Gasteiger partial charge in [-0.05, 0) is 62.3 Å². The van der Waals surface area contributed by atoms with Gasteiger partial charge < -0.3 is 24.8 Å². The fraction of sp³-hybridized carbons (Fsp3) is 0.370. The van der Waals surface area contributed by atoms with E-state index in [0.717, 1.165) is 45.0 Å². The van der Waals surface area contributed by atoms with Crippen molar-refractivity contribution < 1.29 is 57.8 Å². The van der Waals surface area contributed by atoms with Crippen LogP contribution in [0.2, 0.25) is 0 Å². The number of aryl methyl sites for hydroxylation is 1. The van der Waals surface area contributed by atoms with Crippen molar-refractivity contribution in [1.29, 1.82) is 0 Å². The van der Waals surface area contributed by atoms with Crippen LogP contribution >= 0.6 is 0 Å². The number of halogens is 4. The monoisotopic (exact) mass is 906 g/mol. The number of benzene rings is 4. The second-order valence-electron chi connectivity index (χ2n) is 20.5. The summed E-state index contributed by atoms with van der Waals surface area (Å²) in [5.41, 5.74) is 19.6. The first-order valence-corrected chi connectivity index (χ1v) is 21.6. The van der Waals surface area contributed by atoms with Gasteiger partial charge in [0.25, 0.3) is 0 Å². The van der Waals surface area contributed by atoms with Crippen molar-refractivity contribution in [3.63, 3.8) is 0 Å². The van der Waals surface area contributed by atoms with Crippen molar-refractivity contribution in [3.8, 4) is 11.1 Å². The minimum absolute atomic E-state index is 0. The van der Waals surface area contributed by atoms with Gasteiger partial charge in [-0.25, -0.2) is 11.6 Å². The molecule has 0 fully saturated rings. The van der Waals surface area contributed by atoms with E-state index in [1.807, 2.05) is 12.1 Å². The van der Waals surface area contributed by atoms with E-state index in [2.05, 4.69) is 152 Å². The van der Waals surface area contributed by atoms with Crippen LogP contribution < -0.4 is 24.8 Å². The molecule has 0 saturated heterocycles. The molecule has 0 heterocycles. The Bertz CT molecular complexity index is 2290. The fourth-order valence-electron chi connectivity index (χ4n) is 8.43. The van der Waals surface area contributed by atoms with Gasteiger partial charge in [0.05, 0.1) is 0 Å². The second-order valence-corrected chi connectivity index (χ2v) is 21.7. The van der Waals surface area contributed by atoms with Crippen LogP contribution in [0.3, 0.4) is 0 Å². The van der Waals surface area contributed by atoms with Crippen LogP contribution in [0.25, 0.3) is 22.3 Å². The summed E-state index contributed by atoms with van der Waals surface area (Å²) in [5, 5.41) is 0. The number of rotatable bonds is 2. The molecule has 0 bridgehead atoms. The molecule has 5 aromatic rings. The number of hydrogen-bond donors (Lipinski definition) is 0. The molecule has 0 radical (unpaired) electrons. The zero-order chi connectivity index (χ0) is 42.0. The number of fused-ring (bicyclic) bond motifs is 5. The van der Waals surface area contributed by atoms with Crippen LogP contribution in [-0.4, -0.2) is 3.21 Å². The quantitative estimate of drug-likeness (QED) is 0.153. The van der Waals surface area contributed by atoms with Gasteiger partial charge in [0.2, 0.25) is 0 Å². The second kappa shape index (κ2) is 17.3. The van der Waals surface area contributed by atoms with Gasteiger partial charge in [-0.15, -0.1) is 11.6 Å². The molecule has 0 spiro atoms. The summed E-state index contributed by atoms with van der Waals surface area (Å²) < 4.78 is 27.0. The van der Waals surface area contributed by atoms with Crippen LogP contribution in [-0.2, 0) is 46.9 Å². The average Bonchev–Trinajstić information content (AvgIpc) is 3.84. The Labute approximate surface area is 381 Å². The van der Waals surface area contributed by atoms with E-state index in [-0.39, 0.29) is 58.1 Å². The Hall–Kier alpha value is -3.10. The Morgan fingerprint density at radius 2 is 1.15 bits per heavy atom. The summed E-state index contributed by atoms with van der Waals surface area (Å²) >= 11 is 1.13. The van der Waals surface area contributed by atoms with Gasteiger partial charge in [0.15, 0.2) is 0 Å². The summed E-state index contributed by atoms with van der Waals surface area (Å²) in [5.74, 6) is -0.539. The minimum atomic E-state index is -0.270. The van der Waals surface area contributed by atoms with E-state index in [1.165, 1.54) is 91.0 Å². The summed E-state index contributed by atoms with van der Waals surface area (Å²) in [6, 6.07) is 29.4. The van der Waals surface area contributed by atoms with Gasteiger partial charge in [-0.2, -0.15) is 28.8 Å². The molecule has 8 rings (SSSR count). The molecular weight excluding hydrogens is 849 g/mol. The van der Waals surface area contributed by atoms with Crippen LogP contribution in [0.1, 0.15) is 146 Å². The minimum Gasteiger partial charge on any atom is -1.00 e. The first-order valence-electron chi connectivity index (χ1n) is 20.4. The normalized spacial score (nSPS) is 15.4. The van der Waals surface area contributed by atoms with E-state index in [1.54, 1.807) is 12.1 Å². The molecule has 0 amide bonds. The Balaban J connectivity index is 0.000000229. The predicted molar refractivity (Wildman–Crippen MR) is 236 cm³/mol. The maximum Gasteiger partial charge on any atom is -1.00 e. The number of allylic oxidation sites excluding steroid dienone is 4. The molecule has 3 aliphatic carbocycles. The van der Waals surface area contributed by atoms with Crippen LogP contribution in [0, 0.1) is 35.5 Å². The largest absolute Gasteiger partial charge is 1.00 e. The summed E-state index contributed by atoms with van der Waals surface area (Å²) in [6.07, 6.45) is 7.41. The van der Waals surface area contributed by atoms with Crippen molar-refractivity contribution in [2.45, 2.75) is 120 Å². The van der Waals surface area contributed by atoms with Crippen molar-refractivity contribution in [2.75, 3.05) is 0 Å². The maximum absolute atomic E-state index is 13.0. The van der Waals surface area contributed by atoms with Crippen molar-refractivity contribution in [3.05, 3.63) is 170 Å². The molecule has 0 aromatic heterocycles. The van der Waals surface area contributed by atoms with E-state index >= 15 is 0 Å². The molecule has 0 N–H and O–H groups in total. The van der Waals surface area contributed by atoms with Crippen molar-refractivity contribution in [1.82, 2.24) is 0 Å². The van der Waals surface area contributed by atoms with E-state index in [4.69, 9.17) is 0 Å². The summed E-state index contributed by atoms with van der Waals surface area (Å²) in [4.78, 5) is 0. The summed E-state index contributed by atoms with van der Waals surface area (Å²) in [7, 11) is 0. The van der Waals surface area contributed by atoms with E-state index in [9.17, 15) is 8.78 Å². The van der Waals surface area contributed by atoms with Crippen LogP contribution in [0.15, 0.2) is 97.1 Å². The third-order valence-corrected chi connectivity index (χ3v) is 13.0. The third kappa shape index (κ3) is 10.3. The maximum atomic E-state index is 13.0. The molecule has 5 aromatic carbocycles. The standard InChI is InChI=1S/C31H37.C13H8F2.C10H15.2ClH.Zr/c1-28(2,3)26-16-30(7,8)24-12-18-11-19-13-25-23(15-21(19)20(18)14-22(24)26)27(29(4,5)6)17-31(25,9)10;14-12-5-1-3-10(8-12)7-11-4-2-6-13(15)9-11;1-8-5-6-9(7-8)10(2,3)4;;;/h12-16H,11H2,1-10H3;1-6,8-9H;5-7H,1-4H3;2*1H;/q-1;;-1;;;+2/p-2. The molecule has 310 valence electrons. The number of hydrogen-bond acceptors (Lipinski definition) is 0. The molecule has 0 aliphatic heterocycles. The first-order chi connectivity index (χ1) is 26.3. The average molecular weight is 909 g/mol. The Kier molecular flexibility index (Phi) is 14.3. The van der Waals surface area contributed by atoms with Crippen LogP contribution in [0.4, 0.5) is 8.78 Å². The van der Waals surface area contributed by atoms with Gasteiger partial charge in [-0.3, -0.25) is 6.08 Å². The van der Waals surface area contributed by atoms with Gasteiger partial charge in [0, 0.05) is 5.41 Å². The molecule has 0 atom stereocenters. The smallest absolute Gasteiger partial charge is 1.00 e. The predicted octanol–water partition coefficient (Wildman–Crippen LogP) is 8.60. The van der Waals surface area contributed by atoms with Gasteiger partial charge >= 0.3 is 108 Å². The SMILES string of the molecule is CC(C)(C)C1=[C-]C(C)(C)c2cc3c(cc21)-c1cc2c(cc1C3)C(C)(C)C=C2C(C)(C)C.Cc1cc(C(C)(C)C)c[cH-]1.Fc1cccc([C](=[Zr+2])c2cccc(F)c2)c1.[Cl-].[Cl-]. The molecule has 0 nitrogen and oxygen atoms in total. The van der Waals surface area contributed by atoms with E-state index < -0.39 is 0 Å². The summed E-state index contributed by atoms with van der Waals surface area (Å²) in [6.45, 7) is 32.2. The van der Waals surface area contributed by atoms with Crippen LogP contribution in [0.5, 0.6) is 0 Å². The topological polar surface area (TPSA) is 0 Å². The molecule has 0 unspecified atom stereocenters. The molecule has 0 saturated carbocycles. The zero-order valence-corrected chi connectivity index (χ0v) is 41.4. The molecule has 5 heteroatoms.